The Labute approximate surface area is 116 Å². The maximum absolute atomic E-state index is 12.0. The molecule has 0 amide bonds. The first-order chi connectivity index (χ1) is 9.56. The van der Waals surface area contributed by atoms with Crippen LogP contribution in [-0.2, 0) is 4.79 Å². The van der Waals surface area contributed by atoms with Gasteiger partial charge in [-0.1, -0.05) is 29.8 Å². The summed E-state index contributed by atoms with van der Waals surface area (Å²) in [5.74, 6) is -1.12. The van der Waals surface area contributed by atoms with Crippen LogP contribution in [0.4, 0.5) is 0 Å². The van der Waals surface area contributed by atoms with Gasteiger partial charge in [0.1, 0.15) is 0 Å². The largest absolute Gasteiger partial charge is 0.492 e. The van der Waals surface area contributed by atoms with Crippen molar-refractivity contribution >= 4 is 5.97 Å². The second kappa shape index (κ2) is 4.59. The molecule has 2 N–H and O–H groups in total. The lowest BCUT2D eigenvalue weighted by Crippen LogP contribution is -2.21. The van der Waals surface area contributed by atoms with Crippen molar-refractivity contribution in [2.24, 2.45) is 5.92 Å². The Morgan fingerprint density at radius 1 is 1.15 bits per heavy atom. The van der Waals surface area contributed by atoms with Gasteiger partial charge in [0.05, 0.1) is 5.92 Å². The molecule has 1 fully saturated rings. The van der Waals surface area contributed by atoms with E-state index in [4.69, 9.17) is 4.84 Å². The summed E-state index contributed by atoms with van der Waals surface area (Å²) in [6, 6.07) is 10.6. The molecule has 0 unspecified atom stereocenters. The normalized spacial score (nSPS) is 20.6. The molecule has 20 heavy (non-hydrogen) atoms. The van der Waals surface area contributed by atoms with Crippen LogP contribution in [0.25, 0.3) is 0 Å². The highest BCUT2D eigenvalue weighted by molar-refractivity contribution is 5.77. The monoisotopic (exact) mass is 273 g/mol. The predicted molar refractivity (Wildman–Crippen MR) is 71.4 cm³/mol. The lowest BCUT2D eigenvalue weighted by molar-refractivity contribution is -0.147. The maximum Gasteiger partial charge on any atom is 0.336 e. The summed E-state index contributed by atoms with van der Waals surface area (Å²) in [5.41, 5.74) is 2.29. The Kier molecular flexibility index (Phi) is 2.89. The summed E-state index contributed by atoms with van der Waals surface area (Å²) in [6.45, 7) is 2.01. The molecule has 1 heterocycles. The molecule has 1 aromatic carbocycles. The van der Waals surface area contributed by atoms with Gasteiger partial charge in [0.15, 0.2) is 0 Å². The molecule has 1 aliphatic rings. The molecule has 1 aliphatic carbocycles. The first-order valence-electron chi connectivity index (χ1n) is 6.44. The minimum absolute atomic E-state index is 0.156. The number of hydrogen-bond donors (Lipinski definition) is 2. The highest BCUT2D eigenvalue weighted by Gasteiger charge is 2.46. The number of benzene rings is 1. The average molecular weight is 273 g/mol. The topological polar surface area (TPSA) is 71.7 Å². The van der Waals surface area contributed by atoms with Gasteiger partial charge in [-0.3, -0.25) is 0 Å². The zero-order chi connectivity index (χ0) is 14.3. The molecule has 2 atom stereocenters. The van der Waals surface area contributed by atoms with Crippen LogP contribution in [0.1, 0.15) is 23.5 Å². The molecule has 5 nitrogen and oxygen atoms in total. The van der Waals surface area contributed by atoms with E-state index in [-0.39, 0.29) is 23.6 Å². The average Bonchev–Trinajstić information content (AvgIpc) is 3.17. The SMILES string of the molecule is Cc1ccc([C@@H]2C[C@H]2C(=O)On2c(O)ccc2O)cc1. The molecule has 0 bridgehead atoms. The van der Waals surface area contributed by atoms with Crippen molar-refractivity contribution in [3.05, 3.63) is 47.5 Å². The van der Waals surface area contributed by atoms with E-state index in [9.17, 15) is 15.0 Å². The quantitative estimate of drug-likeness (QED) is 0.896. The zero-order valence-electron chi connectivity index (χ0n) is 11.0. The van der Waals surface area contributed by atoms with E-state index in [0.717, 1.165) is 16.7 Å². The lowest BCUT2D eigenvalue weighted by Gasteiger charge is -2.06. The third-order valence-corrected chi connectivity index (χ3v) is 3.58. The number of carbonyl (C=O) groups is 1. The van der Waals surface area contributed by atoms with E-state index in [1.807, 2.05) is 31.2 Å². The Morgan fingerprint density at radius 3 is 2.35 bits per heavy atom. The first kappa shape index (κ1) is 12.6. The van der Waals surface area contributed by atoms with Gasteiger partial charge in [-0.2, -0.15) is 0 Å². The van der Waals surface area contributed by atoms with Crippen LogP contribution >= 0.6 is 0 Å². The number of aromatic hydroxyl groups is 2. The van der Waals surface area contributed by atoms with Gasteiger partial charge < -0.3 is 15.1 Å². The third-order valence-electron chi connectivity index (χ3n) is 3.58. The fraction of sp³-hybridized carbons (Fsp3) is 0.267. The van der Waals surface area contributed by atoms with Gasteiger partial charge in [0.2, 0.25) is 11.8 Å². The van der Waals surface area contributed by atoms with E-state index in [1.165, 1.54) is 17.7 Å². The summed E-state index contributed by atoms with van der Waals surface area (Å²) in [7, 11) is 0. The molecule has 2 aromatic rings. The summed E-state index contributed by atoms with van der Waals surface area (Å²) in [6.07, 6.45) is 0.727. The molecule has 0 aliphatic heterocycles. The standard InChI is InChI=1S/C15H15NO4/c1-9-2-4-10(5-3-9)11-8-12(11)15(19)20-16-13(17)6-7-14(16)18/h2-7,11-12,17-18H,8H2,1H3/t11-,12+/m0/s1. The van der Waals surface area contributed by atoms with Gasteiger partial charge in [0, 0.05) is 12.1 Å². The molecule has 0 radical (unpaired) electrons. The molecule has 3 rings (SSSR count). The summed E-state index contributed by atoms with van der Waals surface area (Å²) >= 11 is 0. The second-order valence-electron chi connectivity index (χ2n) is 5.11. The van der Waals surface area contributed by atoms with Crippen molar-refractivity contribution in [1.82, 2.24) is 4.73 Å². The fourth-order valence-electron chi connectivity index (χ4n) is 2.29. The zero-order valence-corrected chi connectivity index (χ0v) is 11.0. The molecular formula is C15H15NO4. The van der Waals surface area contributed by atoms with Crippen LogP contribution < -0.4 is 4.84 Å². The Balaban J connectivity index is 1.67. The smallest absolute Gasteiger partial charge is 0.336 e. The Morgan fingerprint density at radius 2 is 1.75 bits per heavy atom. The molecule has 104 valence electrons. The van der Waals surface area contributed by atoms with E-state index in [2.05, 4.69) is 0 Å². The fourth-order valence-corrected chi connectivity index (χ4v) is 2.29. The van der Waals surface area contributed by atoms with Crippen LogP contribution in [0, 0.1) is 12.8 Å². The Bertz CT molecular complexity index is 625. The van der Waals surface area contributed by atoms with Crippen molar-refractivity contribution in [2.75, 3.05) is 0 Å². The lowest BCUT2D eigenvalue weighted by atomic mass is 10.1. The van der Waals surface area contributed by atoms with Crippen LogP contribution in [0.5, 0.6) is 11.8 Å². The minimum atomic E-state index is -0.447. The van der Waals surface area contributed by atoms with Crippen molar-refractivity contribution in [2.45, 2.75) is 19.3 Å². The van der Waals surface area contributed by atoms with Gasteiger partial charge in [0.25, 0.3) is 0 Å². The predicted octanol–water partition coefficient (Wildman–Crippen LogP) is 1.97. The molecule has 1 aromatic heterocycles. The molecule has 5 heteroatoms. The number of aryl methyl sites for hydroxylation is 1. The van der Waals surface area contributed by atoms with E-state index >= 15 is 0 Å². The first-order valence-corrected chi connectivity index (χ1v) is 6.44. The molecular weight excluding hydrogens is 258 g/mol. The van der Waals surface area contributed by atoms with Crippen LogP contribution in [0.2, 0.25) is 0 Å². The van der Waals surface area contributed by atoms with Crippen LogP contribution in [-0.4, -0.2) is 20.9 Å². The second-order valence-corrected chi connectivity index (χ2v) is 5.11. The Hall–Kier alpha value is -2.43. The number of aromatic nitrogens is 1. The summed E-state index contributed by atoms with van der Waals surface area (Å²) in [4.78, 5) is 17.0. The van der Waals surface area contributed by atoms with Crippen molar-refractivity contribution in [3.8, 4) is 11.8 Å². The summed E-state index contributed by atoms with van der Waals surface area (Å²) < 4.78 is 0.729. The van der Waals surface area contributed by atoms with Gasteiger partial charge in [-0.25, -0.2) is 4.79 Å². The molecule has 0 spiro atoms. The number of nitrogens with zero attached hydrogens (tertiary/aromatic N) is 1. The van der Waals surface area contributed by atoms with Gasteiger partial charge >= 0.3 is 5.97 Å². The number of hydrogen-bond acceptors (Lipinski definition) is 4. The minimum Gasteiger partial charge on any atom is -0.492 e. The maximum atomic E-state index is 12.0. The van der Waals surface area contributed by atoms with Gasteiger partial charge in [-0.05, 0) is 24.8 Å². The van der Waals surface area contributed by atoms with Gasteiger partial charge in [-0.15, -0.1) is 4.73 Å². The van der Waals surface area contributed by atoms with E-state index in [0.29, 0.717) is 0 Å². The third kappa shape index (κ3) is 2.22. The van der Waals surface area contributed by atoms with Crippen molar-refractivity contribution in [1.29, 1.82) is 0 Å². The van der Waals surface area contributed by atoms with Crippen molar-refractivity contribution in [3.63, 3.8) is 0 Å². The van der Waals surface area contributed by atoms with E-state index < -0.39 is 5.97 Å². The molecule has 1 saturated carbocycles. The van der Waals surface area contributed by atoms with Crippen LogP contribution in [0.3, 0.4) is 0 Å². The highest BCUT2D eigenvalue weighted by atomic mass is 16.7. The van der Waals surface area contributed by atoms with E-state index in [1.54, 1.807) is 0 Å². The van der Waals surface area contributed by atoms with Crippen molar-refractivity contribution < 1.29 is 19.8 Å². The number of rotatable bonds is 3. The number of carbonyl (C=O) groups excluding carboxylic acids is 1. The summed E-state index contributed by atoms with van der Waals surface area (Å²) in [5, 5.41) is 18.8. The molecule has 0 saturated heterocycles. The highest BCUT2D eigenvalue weighted by Crippen LogP contribution is 2.47. The van der Waals surface area contributed by atoms with Crippen LogP contribution in [0.15, 0.2) is 36.4 Å².